The Hall–Kier alpha value is -1.34. The van der Waals surface area contributed by atoms with E-state index in [9.17, 15) is 27.2 Å². The second-order valence-corrected chi connectivity index (χ2v) is 32.1. The van der Waals surface area contributed by atoms with Crippen LogP contribution in [0.4, 0.5) is 17.6 Å². The Kier molecular flexibility index (Phi) is 15.5. The fraction of sp³-hybridized carbons (Fsp3) is 0.533. The van der Waals surface area contributed by atoms with Crippen LogP contribution in [0.25, 0.3) is 0 Å². The van der Waals surface area contributed by atoms with Crippen LogP contribution in [0, 0.1) is 23.3 Å². The van der Waals surface area contributed by atoms with E-state index in [-0.39, 0.29) is 0 Å². The molecule has 0 amide bonds. The van der Waals surface area contributed by atoms with E-state index in [0.717, 1.165) is 37.8 Å². The van der Waals surface area contributed by atoms with Crippen molar-refractivity contribution in [1.82, 2.24) is 0 Å². The number of hydrogen-bond acceptors (Lipinski definition) is 5. The molecular weight excluding hydrogens is 754 g/mol. The first-order valence-electron chi connectivity index (χ1n) is 14.6. The van der Waals surface area contributed by atoms with Crippen LogP contribution < -0.4 is 0 Å². The first-order chi connectivity index (χ1) is 19.6. The molecule has 11 heteroatoms. The maximum absolute atomic E-state index is 14.6. The van der Waals surface area contributed by atoms with Gasteiger partial charge in [-0.2, -0.15) is 0 Å². The van der Waals surface area contributed by atoms with Gasteiger partial charge in [-0.05, 0) is 0 Å². The van der Waals surface area contributed by atoms with Gasteiger partial charge in [0.1, 0.15) is 0 Å². The van der Waals surface area contributed by atoms with Gasteiger partial charge in [-0.3, -0.25) is 0 Å². The molecule has 2 rings (SSSR count). The summed E-state index contributed by atoms with van der Waals surface area (Å²) >= 11 is -9.10. The van der Waals surface area contributed by atoms with Crippen molar-refractivity contribution in [3.8, 4) is 0 Å². The van der Waals surface area contributed by atoms with Crippen molar-refractivity contribution in [2.75, 3.05) is 0 Å². The summed E-state index contributed by atoms with van der Waals surface area (Å²) in [6.45, 7) is 7.95. The third kappa shape index (κ3) is 10.4. The van der Waals surface area contributed by atoms with Gasteiger partial charge >= 0.3 is 253 Å². The molecule has 0 heterocycles. The van der Waals surface area contributed by atoms with E-state index in [4.69, 9.17) is 7.56 Å². The van der Waals surface area contributed by atoms with Crippen molar-refractivity contribution in [3.05, 3.63) is 70.8 Å². The van der Waals surface area contributed by atoms with E-state index in [2.05, 4.69) is 0 Å². The van der Waals surface area contributed by atoms with Crippen molar-refractivity contribution >= 4 is 50.3 Å². The summed E-state index contributed by atoms with van der Waals surface area (Å²) in [5, 5.41) is 0. The molecule has 0 N–H and O–H groups in total. The quantitative estimate of drug-likeness (QED) is 0.111. The summed E-state index contributed by atoms with van der Waals surface area (Å²) in [4.78, 5) is 26.7. The monoisotopic (exact) mass is 798 g/mol. The Labute approximate surface area is 251 Å². The van der Waals surface area contributed by atoms with Gasteiger partial charge < -0.3 is 0 Å². The van der Waals surface area contributed by atoms with Crippen LogP contribution in [-0.2, 0) is 7.56 Å². The molecular formula is C30H42F4O5Sn2. The van der Waals surface area contributed by atoms with Crippen LogP contribution >= 0.6 is 0 Å². The Morgan fingerprint density at radius 2 is 0.902 bits per heavy atom. The number of carbonyl (C=O) groups is 2. The zero-order chi connectivity index (χ0) is 30.5. The van der Waals surface area contributed by atoms with Gasteiger partial charge in [0.05, 0.1) is 0 Å². The molecule has 0 aliphatic heterocycles. The first kappa shape index (κ1) is 35.9. The van der Waals surface area contributed by atoms with E-state index < -0.39 is 84.7 Å². The number of benzene rings is 2. The van der Waals surface area contributed by atoms with Gasteiger partial charge in [-0.1, -0.05) is 0 Å². The van der Waals surface area contributed by atoms with Gasteiger partial charge in [-0.15, -0.1) is 0 Å². The number of rotatable bonds is 18. The topological polar surface area (TPSA) is 61.8 Å². The van der Waals surface area contributed by atoms with E-state index in [1.54, 1.807) is 0 Å². The summed E-state index contributed by atoms with van der Waals surface area (Å²) in [7, 11) is 0. The minimum absolute atomic E-state index is 0.455. The average molecular weight is 796 g/mol. The minimum atomic E-state index is -4.55. The molecule has 2 aromatic rings. The van der Waals surface area contributed by atoms with Crippen molar-refractivity contribution in [1.29, 1.82) is 0 Å². The van der Waals surface area contributed by atoms with Crippen molar-refractivity contribution in [3.63, 3.8) is 0 Å². The molecule has 5 nitrogen and oxygen atoms in total. The molecule has 2 aromatic carbocycles. The van der Waals surface area contributed by atoms with Crippen molar-refractivity contribution < 1.29 is 34.7 Å². The second kappa shape index (κ2) is 17.7. The Balaban J connectivity index is 2.62. The molecule has 0 aromatic heterocycles. The number of carbonyl (C=O) groups excluding carboxylic acids is 2. The third-order valence-electron chi connectivity index (χ3n) is 6.92. The van der Waals surface area contributed by atoms with E-state index in [1.807, 2.05) is 27.7 Å². The fourth-order valence-electron chi connectivity index (χ4n) is 4.59. The molecule has 0 aliphatic carbocycles. The van der Waals surface area contributed by atoms with Gasteiger partial charge in [0, 0.05) is 0 Å². The van der Waals surface area contributed by atoms with E-state index in [1.165, 1.54) is 24.3 Å². The fourth-order valence-corrected chi connectivity index (χ4v) is 45.7. The summed E-state index contributed by atoms with van der Waals surface area (Å²) in [6, 6.07) is 6.69. The average Bonchev–Trinajstić information content (AvgIpc) is 2.95. The van der Waals surface area contributed by atoms with Crippen molar-refractivity contribution in [2.45, 2.75) is 96.8 Å². The molecule has 0 saturated carbocycles. The summed E-state index contributed by atoms with van der Waals surface area (Å²) in [6.07, 6.45) is 5.82. The molecule has 0 bridgehead atoms. The van der Waals surface area contributed by atoms with Crippen LogP contribution in [-0.4, -0.2) is 50.3 Å². The standard InChI is InChI=1S/2C7H4F2O2.4C4H9.O.2Sn/c2*8-5-3-1-2-4(6(5)9)7(10)11;4*1-3-4-2;;;/h2*1-3H,(H,10,11);4*1,3-4H2,2H3;;;/q;;;;;;;2*+1/p-2. The molecule has 0 radical (unpaired) electrons. The van der Waals surface area contributed by atoms with Gasteiger partial charge in [0.15, 0.2) is 0 Å². The first-order valence-corrected chi connectivity index (χ1v) is 27.4. The Morgan fingerprint density at radius 1 is 0.585 bits per heavy atom. The number of halogens is 4. The van der Waals surface area contributed by atoms with Gasteiger partial charge in [0.25, 0.3) is 0 Å². The molecule has 0 aliphatic rings. The van der Waals surface area contributed by atoms with E-state index >= 15 is 0 Å². The predicted molar refractivity (Wildman–Crippen MR) is 155 cm³/mol. The van der Waals surface area contributed by atoms with Crippen LogP contribution in [0.2, 0.25) is 17.7 Å². The van der Waals surface area contributed by atoms with Crippen molar-refractivity contribution in [2.24, 2.45) is 0 Å². The normalized spacial score (nSPS) is 11.9. The zero-order valence-corrected chi connectivity index (χ0v) is 30.2. The van der Waals surface area contributed by atoms with E-state index in [0.29, 0.717) is 43.4 Å². The predicted octanol–water partition coefficient (Wildman–Crippen LogP) is 9.36. The number of unbranched alkanes of at least 4 members (excludes halogenated alkanes) is 4. The molecule has 0 spiro atoms. The van der Waals surface area contributed by atoms with Crippen LogP contribution in [0.1, 0.15) is 99.8 Å². The van der Waals surface area contributed by atoms with Crippen LogP contribution in [0.3, 0.4) is 0 Å². The van der Waals surface area contributed by atoms with Gasteiger partial charge in [-0.25, -0.2) is 0 Å². The van der Waals surface area contributed by atoms with Gasteiger partial charge in [0.2, 0.25) is 0 Å². The Morgan fingerprint density at radius 3 is 1.20 bits per heavy atom. The molecule has 0 saturated heterocycles. The molecule has 41 heavy (non-hydrogen) atoms. The Bertz CT molecular complexity index is 1040. The summed E-state index contributed by atoms with van der Waals surface area (Å²) in [5.41, 5.74) is -1.02. The zero-order valence-electron chi connectivity index (χ0n) is 24.5. The maximum atomic E-state index is 14.6. The molecule has 0 atom stereocenters. The number of hydrogen-bond donors (Lipinski definition) is 0. The summed E-state index contributed by atoms with van der Waals surface area (Å²) < 4.78 is 78.5. The molecule has 228 valence electrons. The van der Waals surface area contributed by atoms with Crippen LogP contribution in [0.5, 0.6) is 0 Å². The molecule has 0 unspecified atom stereocenters. The summed E-state index contributed by atoms with van der Waals surface area (Å²) in [5.74, 6) is -6.87. The SMILES string of the molecule is CCC[CH2][Sn]([CH2]CCC)([O]C(=O)c1cccc(F)c1F)[O][Sn]([CH2]CCC)([CH2]CCC)[O]C(=O)c1cccc(F)c1F. The molecule has 0 fully saturated rings. The van der Waals surface area contributed by atoms with Crippen LogP contribution in [0.15, 0.2) is 36.4 Å². The third-order valence-corrected chi connectivity index (χ3v) is 39.2. The second-order valence-electron chi connectivity index (χ2n) is 10.3.